The molecule has 0 saturated heterocycles. The highest BCUT2D eigenvalue weighted by Gasteiger charge is 2.19. The third-order valence-electron chi connectivity index (χ3n) is 10.3. The fraction of sp³-hybridized carbons (Fsp3) is 0.0417. The van der Waals surface area contributed by atoms with Crippen LogP contribution in [0.2, 0.25) is 0 Å². The van der Waals surface area contributed by atoms with Crippen molar-refractivity contribution in [1.29, 1.82) is 0 Å². The molecule has 2 heteroatoms. The molecule has 0 bridgehead atoms. The second kappa shape index (κ2) is 11.6. The van der Waals surface area contributed by atoms with E-state index in [1.807, 2.05) is 0 Å². The molecule has 0 spiro atoms. The topological polar surface area (TPSA) is 9.86 Å². The first kappa shape index (κ1) is 28.6. The zero-order valence-electron chi connectivity index (χ0n) is 27.6. The van der Waals surface area contributed by atoms with Crippen molar-refractivity contribution in [3.05, 3.63) is 188 Å². The normalized spacial score (nSPS) is 13.1. The van der Waals surface area contributed by atoms with Gasteiger partial charge in [-0.15, -0.1) is 0 Å². The van der Waals surface area contributed by atoms with Gasteiger partial charge in [-0.2, -0.15) is 0 Å². The Morgan fingerprint density at radius 1 is 0.380 bits per heavy atom. The van der Waals surface area contributed by atoms with E-state index in [1.54, 1.807) is 0 Å². The molecule has 0 saturated carbocycles. The van der Waals surface area contributed by atoms with Crippen LogP contribution in [0.25, 0.3) is 82.8 Å². The van der Waals surface area contributed by atoms with Gasteiger partial charge in [-0.05, 0) is 89.2 Å². The van der Waals surface area contributed by atoms with Gasteiger partial charge in [0, 0.05) is 38.5 Å². The molecule has 0 atom stereocenters. The molecule has 10 rings (SSSR count). The first-order chi connectivity index (χ1) is 24.8. The summed E-state index contributed by atoms with van der Waals surface area (Å²) >= 11 is 0. The molecule has 9 aromatic rings. The molecule has 2 nitrogen and oxygen atoms in total. The fourth-order valence-electron chi connectivity index (χ4n) is 8.02. The van der Waals surface area contributed by atoms with E-state index in [-0.39, 0.29) is 0 Å². The molecular weight excluding hydrogens is 605 g/mol. The maximum Gasteiger partial charge on any atom is 0.0619 e. The predicted octanol–water partition coefficient (Wildman–Crippen LogP) is 12.9. The van der Waals surface area contributed by atoms with E-state index in [4.69, 9.17) is 0 Å². The van der Waals surface area contributed by atoms with Crippen LogP contribution in [0.4, 0.5) is 0 Å². The van der Waals surface area contributed by atoms with Gasteiger partial charge in [0.15, 0.2) is 0 Å². The Kier molecular flexibility index (Phi) is 6.67. The van der Waals surface area contributed by atoms with E-state index in [1.165, 1.54) is 82.7 Å². The minimum Gasteiger partial charge on any atom is -0.309 e. The zero-order chi connectivity index (χ0) is 33.0. The first-order valence-corrected chi connectivity index (χ1v) is 17.5. The molecule has 0 aliphatic heterocycles. The van der Waals surface area contributed by atoms with E-state index in [9.17, 15) is 0 Å². The molecule has 2 heterocycles. The van der Waals surface area contributed by atoms with Crippen molar-refractivity contribution in [1.82, 2.24) is 9.13 Å². The Bertz CT molecular complexity index is 2790. The van der Waals surface area contributed by atoms with Crippen molar-refractivity contribution in [3.63, 3.8) is 0 Å². The van der Waals surface area contributed by atoms with E-state index < -0.39 is 0 Å². The monoisotopic (exact) mass is 638 g/mol. The van der Waals surface area contributed by atoms with Gasteiger partial charge in [-0.3, -0.25) is 0 Å². The lowest BCUT2D eigenvalue weighted by Crippen LogP contribution is -1.96. The van der Waals surface area contributed by atoms with Crippen LogP contribution in [-0.2, 0) is 0 Å². The van der Waals surface area contributed by atoms with E-state index in [2.05, 4.69) is 191 Å². The summed E-state index contributed by atoms with van der Waals surface area (Å²) < 4.78 is 4.87. The summed E-state index contributed by atoms with van der Waals surface area (Å²) in [4.78, 5) is 0. The second-order valence-corrected chi connectivity index (χ2v) is 13.2. The fourth-order valence-corrected chi connectivity index (χ4v) is 8.02. The number of nitrogens with zero attached hydrogens (tertiary/aromatic N) is 2. The van der Waals surface area contributed by atoms with Crippen molar-refractivity contribution in [2.75, 3.05) is 0 Å². The van der Waals surface area contributed by atoms with Gasteiger partial charge in [-0.25, -0.2) is 0 Å². The Hall–Kier alpha value is -6.38. The van der Waals surface area contributed by atoms with Crippen molar-refractivity contribution in [2.45, 2.75) is 12.8 Å². The molecule has 1 aliphatic carbocycles. The number of rotatable bonds is 5. The van der Waals surface area contributed by atoms with Gasteiger partial charge < -0.3 is 9.13 Å². The molecule has 0 amide bonds. The van der Waals surface area contributed by atoms with Crippen LogP contribution >= 0.6 is 0 Å². The van der Waals surface area contributed by atoms with Crippen LogP contribution < -0.4 is 0 Å². The van der Waals surface area contributed by atoms with Gasteiger partial charge in [0.2, 0.25) is 0 Å². The Morgan fingerprint density at radius 3 is 1.82 bits per heavy atom. The lowest BCUT2D eigenvalue weighted by Gasteiger charge is -2.14. The SMILES string of the molecule is C1=CC(c2cccc(-n3c4ccccc4c4cc(-c5cccc6c7ccccc7n(-c7ccc(-c8ccccc8)cc7)c56)ccc43)c2)=CCC1. The standard InChI is InChI=1S/C48H34N2/c1-3-13-33(14-4-1)35-25-28-38(29-26-35)50-46-24-10-7-19-41(46)43-22-12-21-40(48(43)50)37-27-30-47-44(32-37)42-20-8-9-23-45(42)49(47)39-18-11-17-36(31-39)34-15-5-2-6-16-34/h1,3-5,7-32H,2,6H2. The summed E-state index contributed by atoms with van der Waals surface area (Å²) in [5, 5.41) is 5.04. The molecule has 7 aromatic carbocycles. The Balaban J connectivity index is 1.17. The quantitative estimate of drug-likeness (QED) is 0.178. The van der Waals surface area contributed by atoms with E-state index in [0.717, 1.165) is 18.5 Å². The van der Waals surface area contributed by atoms with Gasteiger partial charge in [0.1, 0.15) is 0 Å². The maximum absolute atomic E-state index is 2.45. The number of fused-ring (bicyclic) bond motifs is 6. The van der Waals surface area contributed by atoms with Gasteiger partial charge in [0.05, 0.1) is 22.1 Å². The van der Waals surface area contributed by atoms with Crippen LogP contribution in [0.1, 0.15) is 18.4 Å². The van der Waals surface area contributed by atoms with Crippen molar-refractivity contribution in [3.8, 4) is 33.6 Å². The number of para-hydroxylation sites is 3. The van der Waals surface area contributed by atoms with Crippen LogP contribution in [0.3, 0.4) is 0 Å². The Morgan fingerprint density at radius 2 is 1.02 bits per heavy atom. The maximum atomic E-state index is 2.45. The molecule has 50 heavy (non-hydrogen) atoms. The van der Waals surface area contributed by atoms with E-state index in [0.29, 0.717) is 0 Å². The lowest BCUT2D eigenvalue weighted by atomic mass is 9.99. The molecule has 0 N–H and O–H groups in total. The third-order valence-corrected chi connectivity index (χ3v) is 10.3. The summed E-state index contributed by atoms with van der Waals surface area (Å²) in [6, 6.07) is 60.0. The van der Waals surface area contributed by atoms with Gasteiger partial charge in [-0.1, -0.05) is 133 Å². The number of allylic oxidation sites excluding steroid dienone is 4. The zero-order valence-corrected chi connectivity index (χ0v) is 27.6. The summed E-state index contributed by atoms with van der Waals surface area (Å²) in [7, 11) is 0. The van der Waals surface area contributed by atoms with Crippen LogP contribution in [0, 0.1) is 0 Å². The molecule has 0 fully saturated rings. The van der Waals surface area contributed by atoms with Crippen LogP contribution in [-0.4, -0.2) is 9.13 Å². The number of hydrogen-bond donors (Lipinski definition) is 0. The molecule has 0 unspecified atom stereocenters. The third kappa shape index (κ3) is 4.57. The minimum absolute atomic E-state index is 1.10. The highest BCUT2D eigenvalue weighted by atomic mass is 15.0. The van der Waals surface area contributed by atoms with Gasteiger partial charge >= 0.3 is 0 Å². The van der Waals surface area contributed by atoms with Crippen molar-refractivity contribution in [2.24, 2.45) is 0 Å². The second-order valence-electron chi connectivity index (χ2n) is 13.2. The molecule has 2 aromatic heterocycles. The largest absolute Gasteiger partial charge is 0.309 e. The predicted molar refractivity (Wildman–Crippen MR) is 212 cm³/mol. The molecule has 1 aliphatic rings. The average molecular weight is 639 g/mol. The number of benzene rings is 7. The van der Waals surface area contributed by atoms with Crippen molar-refractivity contribution < 1.29 is 0 Å². The summed E-state index contributed by atoms with van der Waals surface area (Å²) in [5.74, 6) is 0. The molecule has 0 radical (unpaired) electrons. The first-order valence-electron chi connectivity index (χ1n) is 17.5. The van der Waals surface area contributed by atoms with Crippen LogP contribution in [0.5, 0.6) is 0 Å². The van der Waals surface area contributed by atoms with Crippen LogP contribution in [0.15, 0.2) is 182 Å². The van der Waals surface area contributed by atoms with Crippen molar-refractivity contribution >= 4 is 49.2 Å². The number of aromatic nitrogens is 2. The summed E-state index contributed by atoms with van der Waals surface area (Å²) in [5.41, 5.74) is 14.7. The molecule has 236 valence electrons. The minimum atomic E-state index is 1.10. The summed E-state index contributed by atoms with van der Waals surface area (Å²) in [6.45, 7) is 0. The Labute approximate surface area is 291 Å². The highest BCUT2D eigenvalue weighted by Crippen LogP contribution is 2.41. The van der Waals surface area contributed by atoms with E-state index >= 15 is 0 Å². The lowest BCUT2D eigenvalue weighted by molar-refractivity contribution is 1.04. The average Bonchev–Trinajstić information content (AvgIpc) is 3.71. The smallest absolute Gasteiger partial charge is 0.0619 e. The van der Waals surface area contributed by atoms with Gasteiger partial charge in [0.25, 0.3) is 0 Å². The summed E-state index contributed by atoms with van der Waals surface area (Å²) in [6.07, 6.45) is 9.11. The highest BCUT2D eigenvalue weighted by molar-refractivity contribution is 6.15. The number of hydrogen-bond acceptors (Lipinski definition) is 0. The molecular formula is C48H34N2.